The summed E-state index contributed by atoms with van der Waals surface area (Å²) in [7, 11) is 0. The van der Waals surface area contributed by atoms with Gasteiger partial charge in [0.25, 0.3) is 5.91 Å². The van der Waals surface area contributed by atoms with E-state index in [2.05, 4.69) is 20.6 Å². The molecule has 0 saturated heterocycles. The van der Waals surface area contributed by atoms with Gasteiger partial charge in [-0.2, -0.15) is 0 Å². The minimum Gasteiger partial charge on any atom is -0.362 e. The lowest BCUT2D eigenvalue weighted by atomic mass is 10.1. The van der Waals surface area contributed by atoms with E-state index in [-0.39, 0.29) is 23.5 Å². The highest BCUT2D eigenvalue weighted by molar-refractivity contribution is 5.92. The van der Waals surface area contributed by atoms with Gasteiger partial charge >= 0.3 is 0 Å². The lowest BCUT2D eigenvalue weighted by molar-refractivity contribution is 0.0949. The van der Waals surface area contributed by atoms with Gasteiger partial charge in [0.05, 0.1) is 12.4 Å². The van der Waals surface area contributed by atoms with E-state index in [0.29, 0.717) is 18.8 Å². The molecule has 6 heteroatoms. The molecule has 3 rings (SSSR count). The van der Waals surface area contributed by atoms with Gasteiger partial charge in [-0.25, -0.2) is 14.4 Å². The summed E-state index contributed by atoms with van der Waals surface area (Å²) in [5, 5.41) is 6.05. The van der Waals surface area contributed by atoms with Crippen LogP contribution in [0.2, 0.25) is 0 Å². The Morgan fingerprint density at radius 1 is 1.04 bits per heavy atom. The molecule has 0 aliphatic heterocycles. The Morgan fingerprint density at radius 3 is 2.44 bits per heavy atom. The summed E-state index contributed by atoms with van der Waals surface area (Å²) in [5.74, 6) is 0.0508. The summed E-state index contributed by atoms with van der Waals surface area (Å²) in [4.78, 5) is 20.6. The first-order valence-electron chi connectivity index (χ1n) is 8.78. The van der Waals surface area contributed by atoms with Gasteiger partial charge in [-0.05, 0) is 36.6 Å². The molecule has 1 unspecified atom stereocenters. The molecule has 0 saturated carbocycles. The van der Waals surface area contributed by atoms with E-state index in [4.69, 9.17) is 0 Å². The van der Waals surface area contributed by atoms with Crippen LogP contribution in [0.15, 0.2) is 67.0 Å². The molecule has 138 valence electrons. The lowest BCUT2D eigenvalue weighted by Crippen LogP contribution is -2.26. The number of benzene rings is 2. The first-order valence-corrected chi connectivity index (χ1v) is 8.78. The maximum Gasteiger partial charge on any atom is 0.271 e. The highest BCUT2D eigenvalue weighted by Gasteiger charge is 2.09. The number of hydrogen-bond acceptors (Lipinski definition) is 4. The molecule has 0 bridgehead atoms. The third kappa shape index (κ3) is 5.34. The minimum atomic E-state index is -0.285. The summed E-state index contributed by atoms with van der Waals surface area (Å²) < 4.78 is 12.9. The minimum absolute atomic E-state index is 0.0795. The Morgan fingerprint density at radius 2 is 1.78 bits per heavy atom. The standard InChI is InChI=1S/C21H21FN4O/c1-15(17-5-3-2-4-6-17)26-20-14-24-19(13-25-20)21(27)23-12-11-16-7-9-18(22)10-8-16/h2-10,13-15H,11-12H2,1H3,(H,23,27)(H,25,26). The molecular weight excluding hydrogens is 343 g/mol. The number of carbonyl (C=O) groups excluding carboxylic acids is 1. The van der Waals surface area contributed by atoms with Crippen LogP contribution in [0, 0.1) is 5.82 Å². The van der Waals surface area contributed by atoms with Gasteiger partial charge in [0.2, 0.25) is 0 Å². The van der Waals surface area contributed by atoms with Crippen LogP contribution < -0.4 is 10.6 Å². The van der Waals surface area contributed by atoms with Crippen LogP contribution >= 0.6 is 0 Å². The Bertz CT molecular complexity index is 867. The number of nitrogens with zero attached hydrogens (tertiary/aromatic N) is 2. The molecule has 2 aromatic carbocycles. The third-order valence-corrected chi connectivity index (χ3v) is 4.16. The molecule has 2 N–H and O–H groups in total. The normalized spacial score (nSPS) is 11.6. The second kappa shape index (κ2) is 8.89. The maximum absolute atomic E-state index is 12.9. The number of rotatable bonds is 7. The van der Waals surface area contributed by atoms with Crippen LogP contribution in [0.1, 0.15) is 34.6 Å². The van der Waals surface area contributed by atoms with Crippen LogP contribution in [0.4, 0.5) is 10.2 Å². The van der Waals surface area contributed by atoms with Crippen molar-refractivity contribution in [2.45, 2.75) is 19.4 Å². The van der Waals surface area contributed by atoms with Crippen LogP contribution in [0.3, 0.4) is 0 Å². The largest absolute Gasteiger partial charge is 0.362 e. The van der Waals surface area contributed by atoms with E-state index in [1.165, 1.54) is 18.3 Å². The number of halogens is 1. The van der Waals surface area contributed by atoms with E-state index in [0.717, 1.165) is 11.1 Å². The van der Waals surface area contributed by atoms with Crippen LogP contribution in [-0.4, -0.2) is 22.4 Å². The number of amides is 1. The SMILES string of the molecule is CC(Nc1cnc(C(=O)NCCc2ccc(F)cc2)cn1)c1ccccc1. The second-order valence-corrected chi connectivity index (χ2v) is 6.20. The zero-order valence-corrected chi connectivity index (χ0v) is 15.0. The fourth-order valence-corrected chi connectivity index (χ4v) is 2.63. The van der Waals surface area contributed by atoms with Crippen molar-refractivity contribution < 1.29 is 9.18 Å². The molecule has 1 aromatic heterocycles. The molecular formula is C21H21FN4O. The molecule has 5 nitrogen and oxygen atoms in total. The van der Waals surface area contributed by atoms with E-state index in [9.17, 15) is 9.18 Å². The molecule has 0 fully saturated rings. The smallest absolute Gasteiger partial charge is 0.271 e. The van der Waals surface area contributed by atoms with Crippen molar-refractivity contribution in [2.75, 3.05) is 11.9 Å². The van der Waals surface area contributed by atoms with Crippen LogP contribution in [-0.2, 0) is 6.42 Å². The van der Waals surface area contributed by atoms with Gasteiger partial charge in [-0.3, -0.25) is 4.79 Å². The fraction of sp³-hybridized carbons (Fsp3) is 0.190. The quantitative estimate of drug-likeness (QED) is 0.670. The summed E-state index contributed by atoms with van der Waals surface area (Å²) in [5.41, 5.74) is 2.35. The van der Waals surface area contributed by atoms with Gasteiger partial charge in [0.1, 0.15) is 17.3 Å². The molecule has 0 radical (unpaired) electrons. The van der Waals surface area contributed by atoms with E-state index >= 15 is 0 Å². The molecule has 1 atom stereocenters. The molecule has 1 amide bonds. The Labute approximate surface area is 157 Å². The van der Waals surface area contributed by atoms with E-state index in [1.54, 1.807) is 18.3 Å². The Kier molecular flexibility index (Phi) is 6.10. The van der Waals surface area contributed by atoms with Crippen molar-refractivity contribution in [3.63, 3.8) is 0 Å². The third-order valence-electron chi connectivity index (χ3n) is 4.16. The second-order valence-electron chi connectivity index (χ2n) is 6.20. The Hall–Kier alpha value is -3.28. The predicted molar refractivity (Wildman–Crippen MR) is 103 cm³/mol. The van der Waals surface area contributed by atoms with Crippen molar-refractivity contribution in [1.29, 1.82) is 0 Å². The topological polar surface area (TPSA) is 66.9 Å². The first kappa shape index (κ1) is 18.5. The molecule has 0 spiro atoms. The summed E-state index contributed by atoms with van der Waals surface area (Å²) in [6.07, 6.45) is 3.62. The van der Waals surface area contributed by atoms with Gasteiger partial charge < -0.3 is 10.6 Å². The monoisotopic (exact) mass is 364 g/mol. The van der Waals surface area contributed by atoms with Crippen LogP contribution in [0.5, 0.6) is 0 Å². The van der Waals surface area contributed by atoms with Crippen molar-refractivity contribution in [2.24, 2.45) is 0 Å². The summed E-state index contributed by atoms with van der Waals surface area (Å²) >= 11 is 0. The summed E-state index contributed by atoms with van der Waals surface area (Å²) in [6, 6.07) is 16.3. The zero-order valence-electron chi connectivity index (χ0n) is 15.0. The van der Waals surface area contributed by atoms with Gasteiger partial charge in [-0.1, -0.05) is 42.5 Å². The molecule has 0 aliphatic rings. The van der Waals surface area contributed by atoms with Gasteiger partial charge in [-0.15, -0.1) is 0 Å². The molecule has 1 heterocycles. The predicted octanol–water partition coefficient (Wildman–Crippen LogP) is 3.76. The van der Waals surface area contributed by atoms with Gasteiger partial charge in [0.15, 0.2) is 0 Å². The van der Waals surface area contributed by atoms with Crippen LogP contribution in [0.25, 0.3) is 0 Å². The highest BCUT2D eigenvalue weighted by Crippen LogP contribution is 2.16. The summed E-state index contributed by atoms with van der Waals surface area (Å²) in [6.45, 7) is 2.48. The van der Waals surface area contributed by atoms with Crippen molar-refractivity contribution in [1.82, 2.24) is 15.3 Å². The van der Waals surface area contributed by atoms with Crippen molar-refractivity contribution >= 4 is 11.7 Å². The Balaban J connectivity index is 1.50. The van der Waals surface area contributed by atoms with E-state index < -0.39 is 0 Å². The lowest BCUT2D eigenvalue weighted by Gasteiger charge is -2.14. The molecule has 3 aromatic rings. The fourth-order valence-electron chi connectivity index (χ4n) is 2.63. The number of aromatic nitrogens is 2. The number of anilines is 1. The first-order chi connectivity index (χ1) is 13.1. The van der Waals surface area contributed by atoms with Crippen molar-refractivity contribution in [3.8, 4) is 0 Å². The van der Waals surface area contributed by atoms with Crippen molar-refractivity contribution in [3.05, 3.63) is 89.6 Å². The average molecular weight is 364 g/mol. The molecule has 0 aliphatic carbocycles. The van der Waals surface area contributed by atoms with E-state index in [1.807, 2.05) is 37.3 Å². The number of nitrogens with one attached hydrogen (secondary N) is 2. The number of carbonyl (C=O) groups is 1. The van der Waals surface area contributed by atoms with Gasteiger partial charge in [0, 0.05) is 12.6 Å². The maximum atomic E-state index is 12.9. The average Bonchev–Trinajstić information content (AvgIpc) is 2.70. The zero-order chi connectivity index (χ0) is 19.1. The molecule has 27 heavy (non-hydrogen) atoms. The highest BCUT2D eigenvalue weighted by atomic mass is 19.1. The number of hydrogen-bond donors (Lipinski definition) is 2.